The van der Waals surface area contributed by atoms with Gasteiger partial charge in [0.05, 0.1) is 5.82 Å². The van der Waals surface area contributed by atoms with Crippen LogP contribution in [0.5, 0.6) is 0 Å². The third-order valence-corrected chi connectivity index (χ3v) is 5.59. The molecule has 5 rings (SSSR count). The SMILES string of the molecule is Cc1cc(C)c(C2C=CN=C2c2[c-]cccc2)c(C)c1.Cn1ccnc1-c1[c-]cccc1.[Ir]. The summed E-state index contributed by atoms with van der Waals surface area (Å²) in [5.41, 5.74) is 8.58. The second kappa shape index (κ2) is 11.2. The van der Waals surface area contributed by atoms with Gasteiger partial charge in [-0.2, -0.15) is 0 Å². The largest absolute Gasteiger partial charge is 0.373 e. The Morgan fingerprint density at radius 1 is 0.879 bits per heavy atom. The summed E-state index contributed by atoms with van der Waals surface area (Å²) in [7, 11) is 1.98. The van der Waals surface area contributed by atoms with E-state index in [1.54, 1.807) is 6.20 Å². The Kier molecular flexibility index (Phi) is 8.32. The van der Waals surface area contributed by atoms with Crippen LogP contribution in [0, 0.1) is 32.9 Å². The van der Waals surface area contributed by atoms with Crippen LogP contribution in [0.2, 0.25) is 0 Å². The molecule has 2 heterocycles. The second-order valence-corrected chi connectivity index (χ2v) is 8.06. The van der Waals surface area contributed by atoms with Crippen molar-refractivity contribution in [3.8, 4) is 11.4 Å². The molecular formula is C29H27IrN3-2. The zero-order valence-corrected chi connectivity index (χ0v) is 21.7. The molecule has 0 N–H and O–H groups in total. The molecule has 4 heteroatoms. The molecule has 1 aliphatic heterocycles. The molecule has 33 heavy (non-hydrogen) atoms. The van der Waals surface area contributed by atoms with Crippen molar-refractivity contribution < 1.29 is 20.1 Å². The number of hydrogen-bond acceptors (Lipinski definition) is 2. The zero-order chi connectivity index (χ0) is 22.5. The van der Waals surface area contributed by atoms with Crippen molar-refractivity contribution in [2.45, 2.75) is 26.7 Å². The summed E-state index contributed by atoms with van der Waals surface area (Å²) < 4.78 is 1.98. The number of hydrogen-bond donors (Lipinski definition) is 0. The Morgan fingerprint density at radius 2 is 1.52 bits per heavy atom. The smallest absolute Gasteiger partial charge is 0.0555 e. The van der Waals surface area contributed by atoms with Gasteiger partial charge >= 0.3 is 0 Å². The summed E-state index contributed by atoms with van der Waals surface area (Å²) in [6.45, 7) is 6.52. The van der Waals surface area contributed by atoms with Gasteiger partial charge in [-0.15, -0.1) is 71.8 Å². The molecule has 0 saturated heterocycles. The fourth-order valence-corrected chi connectivity index (χ4v) is 4.24. The van der Waals surface area contributed by atoms with Crippen molar-refractivity contribution in [3.05, 3.63) is 125 Å². The second-order valence-electron chi connectivity index (χ2n) is 8.06. The van der Waals surface area contributed by atoms with E-state index in [0.717, 1.165) is 22.7 Å². The molecular weight excluding hydrogens is 583 g/mol. The van der Waals surface area contributed by atoms with Crippen LogP contribution in [0.15, 0.2) is 90.3 Å². The number of aryl methyl sites for hydroxylation is 4. The maximum absolute atomic E-state index is 4.57. The molecule has 1 unspecified atom stereocenters. The third kappa shape index (κ3) is 5.65. The van der Waals surface area contributed by atoms with Gasteiger partial charge in [-0.05, 0) is 43.2 Å². The Hall–Kier alpha value is -3.07. The standard InChI is InChI=1S/C19H18N.C10H9N2.Ir/c1-13-11-14(2)18(15(3)12-13)17-9-10-20-19(17)16-7-5-4-6-8-16;1-12-8-7-11-10(12)9-5-3-2-4-6-9;/h4-7,9-12,17H,1-3H3;2-5,7-8H,1H3;/q2*-1;. The summed E-state index contributed by atoms with van der Waals surface area (Å²) in [6.07, 6.45) is 7.81. The maximum Gasteiger partial charge on any atom is 0.0555 e. The normalized spacial score (nSPS) is 14.2. The van der Waals surface area contributed by atoms with Crippen molar-refractivity contribution in [1.29, 1.82) is 0 Å². The number of aliphatic imine (C=N–C) groups is 1. The first-order chi connectivity index (χ1) is 15.5. The Morgan fingerprint density at radius 3 is 2.06 bits per heavy atom. The minimum atomic E-state index is 0. The third-order valence-electron chi connectivity index (χ3n) is 5.59. The minimum absolute atomic E-state index is 0. The first kappa shape index (κ1) is 24.6. The molecule has 1 radical (unpaired) electrons. The van der Waals surface area contributed by atoms with Gasteiger partial charge in [0, 0.05) is 51.7 Å². The van der Waals surface area contributed by atoms with Crippen molar-refractivity contribution >= 4 is 5.71 Å². The molecule has 0 fully saturated rings. The monoisotopic (exact) mass is 610 g/mol. The first-order valence-electron chi connectivity index (χ1n) is 10.8. The van der Waals surface area contributed by atoms with Crippen LogP contribution in [0.25, 0.3) is 11.4 Å². The molecule has 3 aromatic carbocycles. The van der Waals surface area contributed by atoms with E-state index >= 15 is 0 Å². The van der Waals surface area contributed by atoms with Crippen molar-refractivity contribution in [1.82, 2.24) is 9.55 Å². The summed E-state index contributed by atoms with van der Waals surface area (Å²) in [5.74, 6) is 1.20. The summed E-state index contributed by atoms with van der Waals surface area (Å²) in [5, 5.41) is 0. The molecule has 4 aromatic rings. The first-order valence-corrected chi connectivity index (χ1v) is 10.8. The fraction of sp³-hybridized carbons (Fsp3) is 0.172. The average Bonchev–Trinajstić information content (AvgIpc) is 3.44. The molecule has 169 valence electrons. The van der Waals surface area contributed by atoms with Crippen molar-refractivity contribution in [3.63, 3.8) is 0 Å². The average molecular weight is 610 g/mol. The predicted molar refractivity (Wildman–Crippen MR) is 132 cm³/mol. The van der Waals surface area contributed by atoms with Gasteiger partial charge < -0.3 is 9.56 Å². The molecule has 0 bridgehead atoms. The molecule has 0 aliphatic carbocycles. The number of aromatic nitrogens is 2. The van der Waals surface area contributed by atoms with Crippen molar-refractivity contribution in [2.24, 2.45) is 12.0 Å². The van der Waals surface area contributed by atoms with E-state index in [4.69, 9.17) is 0 Å². The number of allylic oxidation sites excluding steroid dienone is 1. The van der Waals surface area contributed by atoms with E-state index in [1.165, 1.54) is 22.3 Å². The van der Waals surface area contributed by atoms with Gasteiger partial charge in [0.2, 0.25) is 0 Å². The molecule has 0 saturated carbocycles. The van der Waals surface area contributed by atoms with Crippen LogP contribution in [0.4, 0.5) is 0 Å². The van der Waals surface area contributed by atoms with Crippen LogP contribution in [-0.4, -0.2) is 15.3 Å². The molecule has 0 spiro atoms. The van der Waals surface area contributed by atoms with E-state index < -0.39 is 0 Å². The zero-order valence-electron chi connectivity index (χ0n) is 19.3. The number of rotatable bonds is 3. The number of nitrogens with zero attached hydrogens (tertiary/aromatic N) is 3. The summed E-state index contributed by atoms with van der Waals surface area (Å²) in [6, 6.07) is 26.8. The quantitative estimate of drug-likeness (QED) is 0.248. The number of imidazole rings is 1. The fourth-order valence-electron chi connectivity index (χ4n) is 4.24. The summed E-state index contributed by atoms with van der Waals surface area (Å²) in [4.78, 5) is 8.79. The van der Waals surface area contributed by atoms with E-state index in [0.29, 0.717) is 0 Å². The predicted octanol–water partition coefficient (Wildman–Crippen LogP) is 6.40. The van der Waals surface area contributed by atoms with Gasteiger partial charge in [-0.25, -0.2) is 0 Å². The Labute approximate surface area is 210 Å². The summed E-state index contributed by atoms with van der Waals surface area (Å²) >= 11 is 0. The Bertz CT molecular complexity index is 1230. The van der Waals surface area contributed by atoms with E-state index in [9.17, 15) is 0 Å². The molecule has 1 aromatic heterocycles. The molecule has 0 amide bonds. The van der Waals surface area contributed by atoms with Gasteiger partial charge in [0.25, 0.3) is 0 Å². The van der Waals surface area contributed by atoms with E-state index in [2.05, 4.69) is 67.2 Å². The minimum Gasteiger partial charge on any atom is -0.373 e. The maximum atomic E-state index is 4.57. The Balaban J connectivity index is 0.000000202. The van der Waals surface area contributed by atoms with Crippen LogP contribution in [-0.2, 0) is 27.2 Å². The van der Waals surface area contributed by atoms with E-state index in [1.807, 2.05) is 66.5 Å². The van der Waals surface area contributed by atoms with Crippen molar-refractivity contribution in [2.75, 3.05) is 0 Å². The molecule has 1 atom stereocenters. The van der Waals surface area contributed by atoms with E-state index in [-0.39, 0.29) is 26.0 Å². The van der Waals surface area contributed by atoms with Crippen LogP contribution in [0.3, 0.4) is 0 Å². The van der Waals surface area contributed by atoms with Gasteiger partial charge in [0.15, 0.2) is 0 Å². The van der Waals surface area contributed by atoms with Gasteiger partial charge in [0.1, 0.15) is 0 Å². The van der Waals surface area contributed by atoms with Crippen LogP contribution < -0.4 is 0 Å². The van der Waals surface area contributed by atoms with Gasteiger partial charge in [-0.3, -0.25) is 4.98 Å². The molecule has 1 aliphatic rings. The number of benzene rings is 3. The van der Waals surface area contributed by atoms with Gasteiger partial charge in [-0.1, -0.05) is 23.8 Å². The van der Waals surface area contributed by atoms with Crippen LogP contribution in [0.1, 0.15) is 33.7 Å². The van der Waals surface area contributed by atoms with Crippen LogP contribution >= 0.6 is 0 Å². The topological polar surface area (TPSA) is 30.2 Å². The molecule has 3 nitrogen and oxygen atoms in total.